The molecule has 0 unspecified atom stereocenters. The van der Waals surface area contributed by atoms with Gasteiger partial charge >= 0.3 is 0 Å². The molecule has 0 aliphatic carbocycles. The molecule has 3 aromatic rings. The van der Waals surface area contributed by atoms with Crippen molar-refractivity contribution in [2.75, 3.05) is 53.1 Å². The van der Waals surface area contributed by atoms with Crippen LogP contribution in [0.1, 0.15) is 29.1 Å². The van der Waals surface area contributed by atoms with Crippen molar-refractivity contribution in [3.63, 3.8) is 0 Å². The zero-order valence-corrected chi connectivity index (χ0v) is 20.9. The standard InChI is InChI=1S/C28H30N2O7/c1-3-36-21-9-8-19(17-22(21)34-2)25-24(26(31)23-16-18-6-4-5-7-20(18)37-23)27(32)28(33)30(25)11-10-29-12-14-35-15-13-29/h4-9,16-17,25,32H,3,10-15H2,1-2H3/t25-/m1/s1. The molecule has 1 N–H and O–H groups in total. The summed E-state index contributed by atoms with van der Waals surface area (Å²) in [5.74, 6) is -0.601. The first-order chi connectivity index (χ1) is 18.0. The summed E-state index contributed by atoms with van der Waals surface area (Å²) >= 11 is 0. The molecule has 2 aliphatic rings. The summed E-state index contributed by atoms with van der Waals surface area (Å²) in [6.45, 7) is 6.02. The van der Waals surface area contributed by atoms with E-state index in [-0.39, 0.29) is 11.3 Å². The van der Waals surface area contributed by atoms with Crippen molar-refractivity contribution in [1.82, 2.24) is 9.80 Å². The second-order valence-electron chi connectivity index (χ2n) is 8.94. The average molecular weight is 507 g/mol. The SMILES string of the molecule is CCOc1ccc([C@@H]2C(C(=O)c3cc4ccccc4o3)=C(O)C(=O)N2CCN2CCOCC2)cc1OC. The summed E-state index contributed by atoms with van der Waals surface area (Å²) in [5, 5.41) is 11.8. The number of aliphatic hydroxyl groups excluding tert-OH is 1. The van der Waals surface area contributed by atoms with E-state index in [2.05, 4.69) is 4.90 Å². The number of morpholine rings is 1. The van der Waals surface area contributed by atoms with E-state index in [1.54, 1.807) is 30.3 Å². The number of ether oxygens (including phenoxy) is 3. The highest BCUT2D eigenvalue weighted by atomic mass is 16.5. The van der Waals surface area contributed by atoms with Gasteiger partial charge in [-0.1, -0.05) is 24.3 Å². The van der Waals surface area contributed by atoms with Gasteiger partial charge in [0.05, 0.1) is 38.5 Å². The third-order valence-electron chi connectivity index (χ3n) is 6.76. The molecule has 0 radical (unpaired) electrons. The van der Waals surface area contributed by atoms with Gasteiger partial charge in [-0.15, -0.1) is 0 Å². The van der Waals surface area contributed by atoms with E-state index in [0.29, 0.717) is 55.6 Å². The van der Waals surface area contributed by atoms with E-state index in [0.717, 1.165) is 18.5 Å². The van der Waals surface area contributed by atoms with E-state index in [4.69, 9.17) is 18.6 Å². The van der Waals surface area contributed by atoms with Crippen LogP contribution in [-0.4, -0.2) is 79.7 Å². The van der Waals surface area contributed by atoms with Gasteiger partial charge in [-0.25, -0.2) is 0 Å². The average Bonchev–Trinajstić information content (AvgIpc) is 3.47. The molecule has 1 aromatic heterocycles. The first kappa shape index (κ1) is 24.9. The smallest absolute Gasteiger partial charge is 0.290 e. The summed E-state index contributed by atoms with van der Waals surface area (Å²) < 4.78 is 22.4. The van der Waals surface area contributed by atoms with Gasteiger partial charge in [-0.05, 0) is 36.8 Å². The molecule has 37 heavy (non-hydrogen) atoms. The topological polar surface area (TPSA) is 102 Å². The van der Waals surface area contributed by atoms with E-state index < -0.39 is 23.5 Å². The van der Waals surface area contributed by atoms with Crippen molar-refractivity contribution in [3.8, 4) is 11.5 Å². The lowest BCUT2D eigenvalue weighted by Gasteiger charge is -2.31. The van der Waals surface area contributed by atoms with Gasteiger partial charge in [0.2, 0.25) is 5.78 Å². The lowest BCUT2D eigenvalue weighted by atomic mass is 9.94. The number of carbonyl (C=O) groups excluding carboxylic acids is 2. The molecule has 2 aromatic carbocycles. The van der Waals surface area contributed by atoms with Crippen LogP contribution in [0.2, 0.25) is 0 Å². The second kappa shape index (κ2) is 10.7. The van der Waals surface area contributed by atoms with Crippen LogP contribution in [0.3, 0.4) is 0 Å². The minimum absolute atomic E-state index is 0.0164. The minimum Gasteiger partial charge on any atom is -0.503 e. The van der Waals surface area contributed by atoms with Gasteiger partial charge in [-0.2, -0.15) is 0 Å². The number of hydrogen-bond donors (Lipinski definition) is 1. The van der Waals surface area contributed by atoms with Crippen molar-refractivity contribution in [1.29, 1.82) is 0 Å². The Morgan fingerprint density at radius 2 is 1.86 bits per heavy atom. The van der Waals surface area contributed by atoms with Crippen LogP contribution in [0.5, 0.6) is 11.5 Å². The van der Waals surface area contributed by atoms with Gasteiger partial charge in [0.15, 0.2) is 23.0 Å². The molecule has 0 bridgehead atoms. The fourth-order valence-corrected chi connectivity index (χ4v) is 4.89. The van der Waals surface area contributed by atoms with Crippen LogP contribution in [0.15, 0.2) is 64.3 Å². The number of para-hydroxylation sites is 1. The first-order valence-electron chi connectivity index (χ1n) is 12.4. The molecule has 9 nitrogen and oxygen atoms in total. The maximum atomic E-state index is 13.8. The van der Waals surface area contributed by atoms with Gasteiger partial charge in [0.25, 0.3) is 5.91 Å². The fraction of sp³-hybridized carbons (Fsp3) is 0.357. The Morgan fingerprint density at radius 3 is 2.59 bits per heavy atom. The maximum Gasteiger partial charge on any atom is 0.290 e. The van der Waals surface area contributed by atoms with Gasteiger partial charge in [0.1, 0.15) is 5.58 Å². The normalized spacial score (nSPS) is 18.6. The molecule has 9 heteroatoms. The molecule has 1 atom stereocenters. The van der Waals surface area contributed by atoms with Crippen LogP contribution in [0.4, 0.5) is 0 Å². The Balaban J connectivity index is 1.53. The number of rotatable bonds is 9. The molecule has 1 saturated heterocycles. The highest BCUT2D eigenvalue weighted by Gasteiger charge is 2.44. The van der Waals surface area contributed by atoms with Crippen molar-refractivity contribution >= 4 is 22.7 Å². The van der Waals surface area contributed by atoms with Crippen LogP contribution in [-0.2, 0) is 9.53 Å². The predicted octanol–water partition coefficient (Wildman–Crippen LogP) is 3.75. The molecule has 1 fully saturated rings. The van der Waals surface area contributed by atoms with Gasteiger partial charge in [-0.3, -0.25) is 14.5 Å². The first-order valence-corrected chi connectivity index (χ1v) is 12.4. The number of fused-ring (bicyclic) bond motifs is 1. The molecule has 5 rings (SSSR count). The third kappa shape index (κ3) is 4.80. The van der Waals surface area contributed by atoms with E-state index >= 15 is 0 Å². The number of methoxy groups -OCH3 is 1. The van der Waals surface area contributed by atoms with Crippen molar-refractivity contribution in [2.24, 2.45) is 0 Å². The summed E-state index contributed by atoms with van der Waals surface area (Å²) in [7, 11) is 1.53. The van der Waals surface area contributed by atoms with Crippen molar-refractivity contribution in [3.05, 3.63) is 71.2 Å². The molecule has 0 saturated carbocycles. The Bertz CT molecular complexity index is 1310. The highest BCUT2D eigenvalue weighted by Crippen LogP contribution is 2.42. The number of Topliss-reactive ketones (excluding diaryl/α,β-unsaturated/α-hetero) is 1. The lowest BCUT2D eigenvalue weighted by molar-refractivity contribution is -0.129. The Morgan fingerprint density at radius 1 is 1.08 bits per heavy atom. The third-order valence-corrected chi connectivity index (χ3v) is 6.76. The largest absolute Gasteiger partial charge is 0.503 e. The number of hydrogen-bond acceptors (Lipinski definition) is 8. The molecule has 3 heterocycles. The van der Waals surface area contributed by atoms with Crippen LogP contribution < -0.4 is 9.47 Å². The second-order valence-corrected chi connectivity index (χ2v) is 8.94. The Kier molecular flexibility index (Phi) is 7.16. The van der Waals surface area contributed by atoms with Gasteiger partial charge < -0.3 is 28.6 Å². The number of amides is 1. The molecule has 0 spiro atoms. The molecular formula is C28H30N2O7. The monoisotopic (exact) mass is 506 g/mol. The fourth-order valence-electron chi connectivity index (χ4n) is 4.89. The maximum absolute atomic E-state index is 13.8. The number of carbonyl (C=O) groups is 2. The Hall–Kier alpha value is -3.82. The number of aliphatic hydroxyl groups is 1. The number of benzene rings is 2. The number of nitrogens with zero attached hydrogens (tertiary/aromatic N) is 2. The summed E-state index contributed by atoms with van der Waals surface area (Å²) in [6.07, 6.45) is 0. The number of furan rings is 1. The predicted molar refractivity (Wildman–Crippen MR) is 136 cm³/mol. The Labute approximate surface area is 214 Å². The van der Waals surface area contributed by atoms with Crippen molar-refractivity contribution < 1.29 is 33.3 Å². The zero-order chi connectivity index (χ0) is 25.9. The van der Waals surface area contributed by atoms with E-state index in [9.17, 15) is 14.7 Å². The highest BCUT2D eigenvalue weighted by molar-refractivity contribution is 6.16. The summed E-state index contributed by atoms with van der Waals surface area (Å²) in [5.41, 5.74) is 1.16. The van der Waals surface area contributed by atoms with Gasteiger partial charge in [0, 0.05) is 31.6 Å². The van der Waals surface area contributed by atoms with Crippen molar-refractivity contribution in [2.45, 2.75) is 13.0 Å². The van der Waals surface area contributed by atoms with Crippen LogP contribution in [0.25, 0.3) is 11.0 Å². The summed E-state index contributed by atoms with van der Waals surface area (Å²) in [6, 6.07) is 13.4. The molecule has 2 aliphatic heterocycles. The summed E-state index contributed by atoms with van der Waals surface area (Å²) in [4.78, 5) is 30.8. The molecular weight excluding hydrogens is 476 g/mol. The minimum atomic E-state index is -0.821. The van der Waals surface area contributed by atoms with Crippen LogP contribution >= 0.6 is 0 Å². The van der Waals surface area contributed by atoms with E-state index in [1.807, 2.05) is 25.1 Å². The quantitative estimate of drug-likeness (QED) is 0.438. The van der Waals surface area contributed by atoms with E-state index in [1.165, 1.54) is 12.0 Å². The zero-order valence-electron chi connectivity index (χ0n) is 20.9. The number of ketones is 1. The molecule has 194 valence electrons. The lowest BCUT2D eigenvalue weighted by Crippen LogP contribution is -2.43. The molecule has 1 amide bonds. The van der Waals surface area contributed by atoms with Crippen LogP contribution in [0, 0.1) is 0 Å².